The molecule has 1 N–H and O–H groups in total. The highest BCUT2D eigenvalue weighted by molar-refractivity contribution is 6.31. The maximum absolute atomic E-state index is 8.29. The quantitative estimate of drug-likeness (QED) is 0.493. The first-order chi connectivity index (χ1) is 4.83. The second-order valence-corrected chi connectivity index (χ2v) is 3.52. The van der Waals surface area contributed by atoms with Gasteiger partial charge in [0.05, 0.1) is 0 Å². The molecule has 2 heteroatoms. The Morgan fingerprint density at radius 1 is 1.10 bits per heavy atom. The van der Waals surface area contributed by atoms with Crippen LogP contribution in [0.4, 0.5) is 0 Å². The standard InChI is InChI=1S/C6H14O.2CH3.Al/c1-2-3-4-5-6-7;;;/h7H,2-6H2,1H3;2*1H3;. The molecule has 0 rings (SSSR count). The van der Waals surface area contributed by atoms with Crippen molar-refractivity contribution >= 4 is 15.2 Å². The van der Waals surface area contributed by atoms with Gasteiger partial charge in [-0.3, -0.25) is 0 Å². The SMILES string of the molecule is CCCCCCO.[CH3][Al][CH3]. The molecule has 0 aromatic carbocycles. The zero-order valence-corrected chi connectivity index (χ0v) is 8.71. The summed E-state index contributed by atoms with van der Waals surface area (Å²) in [6.07, 6.45) is 4.68. The van der Waals surface area contributed by atoms with E-state index in [2.05, 4.69) is 18.5 Å². The molecule has 1 nitrogen and oxygen atoms in total. The maximum atomic E-state index is 8.29. The summed E-state index contributed by atoms with van der Waals surface area (Å²) in [4.78, 5) is 0. The van der Waals surface area contributed by atoms with E-state index in [0.29, 0.717) is 6.61 Å². The van der Waals surface area contributed by atoms with Crippen molar-refractivity contribution in [2.45, 2.75) is 44.2 Å². The van der Waals surface area contributed by atoms with Crippen molar-refractivity contribution in [2.24, 2.45) is 0 Å². The van der Waals surface area contributed by atoms with Gasteiger partial charge in [-0.25, -0.2) is 0 Å². The first-order valence-corrected chi connectivity index (χ1v) is 6.49. The third kappa shape index (κ3) is 23.6. The molecule has 0 spiro atoms. The Morgan fingerprint density at radius 3 is 1.90 bits per heavy atom. The van der Waals surface area contributed by atoms with Crippen molar-refractivity contribution < 1.29 is 5.11 Å². The minimum atomic E-state index is 0.361. The normalized spacial score (nSPS) is 8.00. The van der Waals surface area contributed by atoms with Crippen LogP contribution in [0.2, 0.25) is 11.6 Å². The van der Waals surface area contributed by atoms with E-state index in [1.807, 2.05) is 0 Å². The average Bonchev–Trinajstić information content (AvgIpc) is 1.91. The van der Waals surface area contributed by atoms with E-state index in [0.717, 1.165) is 21.6 Å². The van der Waals surface area contributed by atoms with Crippen LogP contribution in [-0.4, -0.2) is 26.9 Å². The number of aliphatic hydroxyl groups is 1. The second kappa shape index (κ2) is 16.2. The highest BCUT2D eigenvalue weighted by Crippen LogP contribution is 1.95. The van der Waals surface area contributed by atoms with Crippen LogP contribution < -0.4 is 0 Å². The topological polar surface area (TPSA) is 20.2 Å². The van der Waals surface area contributed by atoms with E-state index in [-0.39, 0.29) is 0 Å². The Labute approximate surface area is 71.5 Å². The lowest BCUT2D eigenvalue weighted by atomic mass is 10.2. The van der Waals surface area contributed by atoms with Gasteiger partial charge in [-0.05, 0) is 6.42 Å². The van der Waals surface area contributed by atoms with Crippen LogP contribution in [-0.2, 0) is 0 Å². The van der Waals surface area contributed by atoms with Crippen molar-refractivity contribution in [3.8, 4) is 0 Å². The van der Waals surface area contributed by atoms with Gasteiger partial charge in [0.15, 0.2) is 15.2 Å². The first-order valence-electron chi connectivity index (χ1n) is 4.18. The van der Waals surface area contributed by atoms with Crippen molar-refractivity contribution in [3.63, 3.8) is 0 Å². The Hall–Kier alpha value is 0.492. The Bertz CT molecular complexity index is 36.2. The van der Waals surface area contributed by atoms with Gasteiger partial charge in [-0.1, -0.05) is 26.2 Å². The van der Waals surface area contributed by atoms with E-state index in [1.165, 1.54) is 19.3 Å². The van der Waals surface area contributed by atoms with Crippen LogP contribution in [0.15, 0.2) is 0 Å². The first kappa shape index (κ1) is 13.1. The van der Waals surface area contributed by atoms with Gasteiger partial charge in [0.1, 0.15) is 0 Å². The summed E-state index contributed by atoms with van der Waals surface area (Å²) in [7, 11) is 0. The molecule has 0 atom stereocenters. The Balaban J connectivity index is 0. The number of hydrogen-bond acceptors (Lipinski definition) is 1. The second-order valence-electron chi connectivity index (χ2n) is 2.36. The molecule has 0 aliphatic rings. The molecule has 0 bridgehead atoms. The van der Waals surface area contributed by atoms with Gasteiger partial charge in [0.25, 0.3) is 0 Å². The summed E-state index contributed by atoms with van der Waals surface area (Å²) in [5.74, 6) is 4.42. The van der Waals surface area contributed by atoms with E-state index >= 15 is 0 Å². The molecule has 0 aliphatic carbocycles. The molecule has 10 heavy (non-hydrogen) atoms. The molecule has 0 aromatic rings. The Kier molecular flexibility index (Phi) is 21.3. The molecular formula is C8H20AlO. The summed E-state index contributed by atoms with van der Waals surface area (Å²) >= 11 is 0.750. The number of aliphatic hydroxyl groups excluding tert-OH is 1. The third-order valence-corrected chi connectivity index (χ3v) is 1.01. The van der Waals surface area contributed by atoms with Crippen LogP contribution in [0.5, 0.6) is 0 Å². The molecule has 0 aromatic heterocycles. The van der Waals surface area contributed by atoms with Gasteiger partial charge in [0, 0.05) is 6.61 Å². The van der Waals surface area contributed by atoms with Crippen molar-refractivity contribution in [1.29, 1.82) is 0 Å². The number of unbranched alkanes of at least 4 members (excludes halogenated alkanes) is 3. The van der Waals surface area contributed by atoms with E-state index in [9.17, 15) is 0 Å². The molecule has 0 unspecified atom stereocenters. The van der Waals surface area contributed by atoms with E-state index in [1.54, 1.807) is 0 Å². The van der Waals surface area contributed by atoms with Crippen LogP contribution in [0, 0.1) is 0 Å². The summed E-state index contributed by atoms with van der Waals surface area (Å²) < 4.78 is 0. The number of rotatable bonds is 4. The summed E-state index contributed by atoms with van der Waals surface area (Å²) in [6.45, 7) is 2.53. The van der Waals surface area contributed by atoms with Crippen molar-refractivity contribution in [1.82, 2.24) is 0 Å². The van der Waals surface area contributed by atoms with Gasteiger partial charge in [0.2, 0.25) is 0 Å². The Morgan fingerprint density at radius 2 is 1.60 bits per heavy atom. The van der Waals surface area contributed by atoms with Crippen LogP contribution in [0.3, 0.4) is 0 Å². The fourth-order valence-electron chi connectivity index (χ4n) is 0.539. The summed E-state index contributed by atoms with van der Waals surface area (Å²) in [5, 5.41) is 8.29. The zero-order chi connectivity index (χ0) is 8.24. The minimum Gasteiger partial charge on any atom is -0.396 e. The highest BCUT2D eigenvalue weighted by atomic mass is 27.1. The number of hydrogen-bond donors (Lipinski definition) is 1. The van der Waals surface area contributed by atoms with Crippen molar-refractivity contribution in [3.05, 3.63) is 0 Å². The lowest BCUT2D eigenvalue weighted by molar-refractivity contribution is 0.283. The average molecular weight is 159 g/mol. The predicted molar refractivity (Wildman–Crippen MR) is 48.7 cm³/mol. The van der Waals surface area contributed by atoms with E-state index in [4.69, 9.17) is 5.11 Å². The lowest BCUT2D eigenvalue weighted by Gasteiger charge is -1.90. The fraction of sp³-hybridized carbons (Fsp3) is 1.00. The molecule has 0 saturated carbocycles. The van der Waals surface area contributed by atoms with Gasteiger partial charge in [-0.2, -0.15) is 0 Å². The fourth-order valence-corrected chi connectivity index (χ4v) is 0.539. The van der Waals surface area contributed by atoms with Gasteiger partial charge < -0.3 is 5.11 Å². The lowest BCUT2D eigenvalue weighted by Crippen LogP contribution is -1.80. The molecule has 0 aliphatic heterocycles. The summed E-state index contributed by atoms with van der Waals surface area (Å²) in [6, 6.07) is 0. The zero-order valence-electron chi connectivity index (χ0n) is 7.56. The highest BCUT2D eigenvalue weighted by Gasteiger charge is 1.80. The molecular weight excluding hydrogens is 139 g/mol. The molecule has 0 fully saturated rings. The third-order valence-electron chi connectivity index (χ3n) is 1.01. The largest absolute Gasteiger partial charge is 0.396 e. The van der Waals surface area contributed by atoms with Crippen LogP contribution in [0.1, 0.15) is 32.6 Å². The monoisotopic (exact) mass is 159 g/mol. The maximum Gasteiger partial charge on any atom is 0.191 e. The summed E-state index contributed by atoms with van der Waals surface area (Å²) in [5.41, 5.74) is 0. The van der Waals surface area contributed by atoms with E-state index < -0.39 is 0 Å². The van der Waals surface area contributed by atoms with Crippen molar-refractivity contribution in [2.75, 3.05) is 6.61 Å². The predicted octanol–water partition coefficient (Wildman–Crippen LogP) is 2.35. The smallest absolute Gasteiger partial charge is 0.191 e. The molecule has 61 valence electrons. The minimum absolute atomic E-state index is 0.361. The molecule has 0 amide bonds. The molecule has 0 heterocycles. The van der Waals surface area contributed by atoms with Crippen LogP contribution in [0.25, 0.3) is 0 Å². The molecule has 1 radical (unpaired) electrons. The van der Waals surface area contributed by atoms with Gasteiger partial charge >= 0.3 is 0 Å². The van der Waals surface area contributed by atoms with Crippen LogP contribution >= 0.6 is 0 Å². The van der Waals surface area contributed by atoms with Gasteiger partial charge in [-0.15, -0.1) is 11.6 Å². The molecule has 0 saturated heterocycles.